The molecule has 0 unspecified atom stereocenters. The number of benzene rings is 1. The van der Waals surface area contributed by atoms with E-state index in [0.717, 1.165) is 0 Å². The molecule has 0 bridgehead atoms. The molecule has 5 nitrogen and oxygen atoms in total. The molecule has 0 radical (unpaired) electrons. The highest BCUT2D eigenvalue weighted by molar-refractivity contribution is 6.33. The lowest BCUT2D eigenvalue weighted by Crippen LogP contribution is -2.14. The monoisotopic (exact) mass is 269 g/mol. The largest absolute Gasteiger partial charge is 0.409 e. The summed E-state index contributed by atoms with van der Waals surface area (Å²) in [7, 11) is 0. The molecule has 2 aromatic rings. The molecule has 0 atom stereocenters. The lowest BCUT2D eigenvalue weighted by molar-refractivity contribution is 0.318. The highest BCUT2D eigenvalue weighted by Gasteiger charge is 2.22. The number of nitrogens with zero attached hydrogens (tertiary/aromatic N) is 2. The summed E-state index contributed by atoms with van der Waals surface area (Å²) < 4.78 is 18.7. The van der Waals surface area contributed by atoms with Gasteiger partial charge in [0.2, 0.25) is 0 Å². The van der Waals surface area contributed by atoms with Crippen LogP contribution in [0.5, 0.6) is 0 Å². The van der Waals surface area contributed by atoms with Crippen molar-refractivity contribution in [2.24, 2.45) is 10.9 Å². The van der Waals surface area contributed by atoms with Crippen LogP contribution in [0, 0.1) is 12.7 Å². The molecule has 1 aromatic heterocycles. The zero-order valence-corrected chi connectivity index (χ0v) is 10.1. The summed E-state index contributed by atoms with van der Waals surface area (Å²) in [6.45, 7) is 1.57. The molecule has 7 heteroatoms. The van der Waals surface area contributed by atoms with Crippen molar-refractivity contribution in [3.8, 4) is 11.3 Å². The van der Waals surface area contributed by atoms with E-state index in [4.69, 9.17) is 27.1 Å². The molecular formula is C11H9ClFN3O2. The molecule has 94 valence electrons. The standard InChI is InChI=1S/C11H9ClFN3O2/c1-5-8(11(14)15-17)10(16-18-5)9-6(12)3-2-4-7(9)13/h2-4,17H,1H3,(H2,14,15). The average Bonchev–Trinajstić information content (AvgIpc) is 2.70. The summed E-state index contributed by atoms with van der Waals surface area (Å²) in [4.78, 5) is 0. The van der Waals surface area contributed by atoms with Gasteiger partial charge in [0.05, 0.1) is 16.1 Å². The number of hydrogen-bond donors (Lipinski definition) is 2. The van der Waals surface area contributed by atoms with Gasteiger partial charge in [0.15, 0.2) is 5.84 Å². The van der Waals surface area contributed by atoms with E-state index < -0.39 is 5.82 Å². The molecule has 0 aliphatic rings. The van der Waals surface area contributed by atoms with Crippen LogP contribution in [0.15, 0.2) is 27.9 Å². The molecule has 18 heavy (non-hydrogen) atoms. The maximum atomic E-state index is 13.8. The molecule has 1 aromatic carbocycles. The minimum Gasteiger partial charge on any atom is -0.409 e. The van der Waals surface area contributed by atoms with Gasteiger partial charge in [-0.2, -0.15) is 0 Å². The van der Waals surface area contributed by atoms with Gasteiger partial charge in [-0.1, -0.05) is 28.0 Å². The van der Waals surface area contributed by atoms with Crippen LogP contribution in [0.1, 0.15) is 11.3 Å². The Bertz CT molecular complexity index is 604. The molecule has 0 aliphatic heterocycles. The minimum absolute atomic E-state index is 0.0533. The summed E-state index contributed by atoms with van der Waals surface area (Å²) in [5.41, 5.74) is 5.88. The number of amidine groups is 1. The van der Waals surface area contributed by atoms with Crippen molar-refractivity contribution in [1.82, 2.24) is 5.16 Å². The summed E-state index contributed by atoms with van der Waals surface area (Å²) in [5, 5.41) is 15.4. The molecule has 0 spiro atoms. The van der Waals surface area contributed by atoms with Gasteiger partial charge in [-0.3, -0.25) is 0 Å². The van der Waals surface area contributed by atoms with E-state index in [0.29, 0.717) is 5.76 Å². The average molecular weight is 270 g/mol. The van der Waals surface area contributed by atoms with Crippen molar-refractivity contribution >= 4 is 17.4 Å². The fourth-order valence-electron chi connectivity index (χ4n) is 1.62. The maximum Gasteiger partial charge on any atom is 0.175 e. The number of halogens is 2. The molecule has 0 saturated heterocycles. The van der Waals surface area contributed by atoms with E-state index in [1.807, 2.05) is 0 Å². The zero-order valence-electron chi connectivity index (χ0n) is 9.32. The summed E-state index contributed by atoms with van der Waals surface area (Å²) >= 11 is 5.93. The van der Waals surface area contributed by atoms with Crippen molar-refractivity contribution in [2.75, 3.05) is 0 Å². The summed E-state index contributed by atoms with van der Waals surface area (Å²) in [6, 6.07) is 4.22. The highest BCUT2D eigenvalue weighted by Crippen LogP contribution is 2.33. The van der Waals surface area contributed by atoms with Gasteiger partial charge in [0, 0.05) is 0 Å². The van der Waals surface area contributed by atoms with Crippen molar-refractivity contribution < 1.29 is 14.1 Å². The lowest BCUT2D eigenvalue weighted by Gasteiger charge is -2.04. The normalized spacial score (nSPS) is 11.8. The van der Waals surface area contributed by atoms with E-state index in [1.54, 1.807) is 6.92 Å². The molecule has 3 N–H and O–H groups in total. The summed E-state index contributed by atoms with van der Waals surface area (Å²) in [5.74, 6) is -0.481. The van der Waals surface area contributed by atoms with Crippen LogP contribution in [-0.2, 0) is 0 Å². The first-order valence-electron chi connectivity index (χ1n) is 4.94. The Morgan fingerprint density at radius 3 is 2.89 bits per heavy atom. The fraction of sp³-hybridized carbons (Fsp3) is 0.0909. The maximum absolute atomic E-state index is 13.8. The smallest absolute Gasteiger partial charge is 0.175 e. The van der Waals surface area contributed by atoms with Crippen LogP contribution in [0.2, 0.25) is 5.02 Å². The van der Waals surface area contributed by atoms with Gasteiger partial charge in [0.1, 0.15) is 17.3 Å². The van der Waals surface area contributed by atoms with Gasteiger partial charge in [-0.05, 0) is 19.1 Å². The molecule has 0 aliphatic carbocycles. The van der Waals surface area contributed by atoms with Crippen molar-refractivity contribution in [3.63, 3.8) is 0 Å². The van der Waals surface area contributed by atoms with Gasteiger partial charge in [-0.25, -0.2) is 4.39 Å². The van der Waals surface area contributed by atoms with Crippen LogP contribution in [0.25, 0.3) is 11.3 Å². The van der Waals surface area contributed by atoms with E-state index >= 15 is 0 Å². The number of hydrogen-bond acceptors (Lipinski definition) is 4. The summed E-state index contributed by atoms with van der Waals surface area (Å²) in [6.07, 6.45) is 0. The van der Waals surface area contributed by atoms with Crippen LogP contribution in [0.4, 0.5) is 4.39 Å². The Morgan fingerprint density at radius 1 is 1.56 bits per heavy atom. The third-order valence-electron chi connectivity index (χ3n) is 2.43. The zero-order chi connectivity index (χ0) is 13.3. The molecule has 0 saturated carbocycles. The van der Waals surface area contributed by atoms with Gasteiger partial charge < -0.3 is 15.5 Å². The van der Waals surface area contributed by atoms with Crippen LogP contribution >= 0.6 is 11.6 Å². The van der Waals surface area contributed by atoms with E-state index in [2.05, 4.69) is 10.3 Å². The third-order valence-corrected chi connectivity index (χ3v) is 2.74. The van der Waals surface area contributed by atoms with E-state index in [9.17, 15) is 4.39 Å². The van der Waals surface area contributed by atoms with Crippen LogP contribution in [0.3, 0.4) is 0 Å². The molecule has 0 amide bonds. The molecule has 0 fully saturated rings. The fourth-order valence-corrected chi connectivity index (χ4v) is 1.87. The van der Waals surface area contributed by atoms with Crippen molar-refractivity contribution in [3.05, 3.63) is 40.4 Å². The Morgan fingerprint density at radius 2 is 2.28 bits per heavy atom. The Balaban J connectivity index is 2.73. The van der Waals surface area contributed by atoms with Crippen LogP contribution in [-0.4, -0.2) is 16.2 Å². The number of oxime groups is 1. The van der Waals surface area contributed by atoms with Gasteiger partial charge in [-0.15, -0.1) is 0 Å². The van der Waals surface area contributed by atoms with Crippen molar-refractivity contribution in [2.45, 2.75) is 6.92 Å². The Labute approximate surface area is 107 Å². The quantitative estimate of drug-likeness (QED) is 0.380. The molecular weight excluding hydrogens is 261 g/mol. The second-order valence-corrected chi connectivity index (χ2v) is 3.95. The highest BCUT2D eigenvalue weighted by atomic mass is 35.5. The Kier molecular flexibility index (Phi) is 3.20. The molecule has 1 heterocycles. The first-order valence-corrected chi connectivity index (χ1v) is 5.32. The van der Waals surface area contributed by atoms with E-state index in [1.165, 1.54) is 18.2 Å². The SMILES string of the molecule is Cc1onc(-c2c(F)cccc2Cl)c1C(N)=NO. The minimum atomic E-state index is -0.567. The van der Waals surface area contributed by atoms with Gasteiger partial charge in [0.25, 0.3) is 0 Å². The predicted octanol–water partition coefficient (Wildman–Crippen LogP) is 2.54. The number of aryl methyl sites for hydroxylation is 1. The van der Waals surface area contributed by atoms with E-state index in [-0.39, 0.29) is 27.7 Å². The predicted molar refractivity (Wildman–Crippen MR) is 64.2 cm³/mol. The first-order chi connectivity index (χ1) is 8.56. The second kappa shape index (κ2) is 4.66. The topological polar surface area (TPSA) is 84.6 Å². The van der Waals surface area contributed by atoms with Crippen molar-refractivity contribution in [1.29, 1.82) is 0 Å². The Hall–Kier alpha value is -2.08. The second-order valence-electron chi connectivity index (χ2n) is 3.54. The van der Waals surface area contributed by atoms with Crippen LogP contribution < -0.4 is 5.73 Å². The molecule has 2 rings (SSSR count). The third kappa shape index (κ3) is 1.91. The number of nitrogens with two attached hydrogens (primary N) is 1. The number of aromatic nitrogens is 1. The van der Waals surface area contributed by atoms with Gasteiger partial charge >= 0.3 is 0 Å². The lowest BCUT2D eigenvalue weighted by atomic mass is 10.0. The first kappa shape index (κ1) is 12.4. The number of rotatable bonds is 2.